The third kappa shape index (κ3) is 3.84. The van der Waals surface area contributed by atoms with Gasteiger partial charge in [-0.1, -0.05) is 18.2 Å². The third-order valence-corrected chi connectivity index (χ3v) is 4.42. The summed E-state index contributed by atoms with van der Waals surface area (Å²) in [5, 5.41) is 11.7. The van der Waals surface area contributed by atoms with E-state index in [1.54, 1.807) is 19.1 Å². The molecule has 0 radical (unpaired) electrons. The fraction of sp³-hybridized carbons (Fsp3) is 0.150. The fourth-order valence-corrected chi connectivity index (χ4v) is 2.96. The molecule has 3 aromatic rings. The molecule has 0 bridgehead atoms. The number of methoxy groups -OCH3 is 1. The Kier molecular flexibility index (Phi) is 5.40. The highest BCUT2D eigenvalue weighted by Gasteiger charge is 2.22. The van der Waals surface area contributed by atoms with Crippen molar-refractivity contribution in [3.8, 4) is 0 Å². The van der Waals surface area contributed by atoms with Crippen molar-refractivity contribution in [1.82, 2.24) is 4.98 Å². The summed E-state index contributed by atoms with van der Waals surface area (Å²) in [7, 11) is 1.25. The maximum atomic E-state index is 12.4. The largest absolute Gasteiger partial charge is 0.465 e. The second-order valence-electron chi connectivity index (χ2n) is 6.17. The van der Waals surface area contributed by atoms with Gasteiger partial charge in [-0.2, -0.15) is 0 Å². The van der Waals surface area contributed by atoms with Crippen LogP contribution in [0.5, 0.6) is 0 Å². The van der Waals surface area contributed by atoms with Gasteiger partial charge in [-0.25, -0.2) is 14.6 Å². The van der Waals surface area contributed by atoms with Crippen molar-refractivity contribution < 1.29 is 24.0 Å². The fourth-order valence-electron chi connectivity index (χ4n) is 2.96. The zero-order valence-electron chi connectivity index (χ0n) is 15.7. The molecule has 0 fully saturated rings. The summed E-state index contributed by atoms with van der Waals surface area (Å²) in [5.74, 6) is -1.48. The average molecular weight is 395 g/mol. The molecule has 0 saturated carbocycles. The van der Waals surface area contributed by atoms with Gasteiger partial charge >= 0.3 is 11.9 Å². The number of pyridine rings is 1. The van der Waals surface area contributed by atoms with Crippen molar-refractivity contribution in [2.75, 3.05) is 12.8 Å². The molecule has 9 nitrogen and oxygen atoms in total. The first-order chi connectivity index (χ1) is 13.8. The number of hydrogen-bond donors (Lipinski definition) is 1. The second kappa shape index (κ2) is 7.93. The normalized spacial score (nSPS) is 10.6. The Balaban J connectivity index is 1.96. The molecule has 0 saturated heterocycles. The van der Waals surface area contributed by atoms with Gasteiger partial charge in [-0.15, -0.1) is 0 Å². The van der Waals surface area contributed by atoms with E-state index in [2.05, 4.69) is 4.98 Å². The van der Waals surface area contributed by atoms with Gasteiger partial charge in [0.15, 0.2) is 0 Å². The Morgan fingerprint density at radius 1 is 1.17 bits per heavy atom. The molecule has 1 aromatic heterocycles. The number of non-ortho nitro benzene ring substituents is 1. The number of carbonyl (C=O) groups is 2. The van der Waals surface area contributed by atoms with Gasteiger partial charge < -0.3 is 15.2 Å². The molecule has 0 amide bonds. The number of nitro groups is 1. The van der Waals surface area contributed by atoms with E-state index in [0.29, 0.717) is 11.1 Å². The predicted molar refractivity (Wildman–Crippen MR) is 104 cm³/mol. The summed E-state index contributed by atoms with van der Waals surface area (Å²) in [6.07, 6.45) is 0. The highest BCUT2D eigenvalue weighted by molar-refractivity contribution is 5.99. The number of hydrogen-bond acceptors (Lipinski definition) is 8. The minimum atomic E-state index is -0.866. The summed E-state index contributed by atoms with van der Waals surface area (Å²) in [6.45, 7) is 1.41. The monoisotopic (exact) mass is 395 g/mol. The summed E-state index contributed by atoms with van der Waals surface area (Å²) in [4.78, 5) is 39.4. The maximum Gasteiger partial charge on any atom is 0.340 e. The number of aromatic nitrogens is 1. The number of ether oxygens (including phenoxy) is 2. The first kappa shape index (κ1) is 19.7. The maximum absolute atomic E-state index is 12.4. The van der Waals surface area contributed by atoms with Gasteiger partial charge in [0.05, 0.1) is 34.4 Å². The molecule has 3 rings (SSSR count). The first-order valence-corrected chi connectivity index (χ1v) is 8.51. The van der Waals surface area contributed by atoms with E-state index in [9.17, 15) is 19.7 Å². The number of aryl methyl sites for hydroxylation is 1. The summed E-state index contributed by atoms with van der Waals surface area (Å²) in [5.41, 5.74) is 7.03. The molecule has 0 aliphatic rings. The summed E-state index contributed by atoms with van der Waals surface area (Å²) < 4.78 is 10.1. The molecular formula is C20H17N3O6. The molecular weight excluding hydrogens is 378 g/mol. The SMILES string of the molecule is COC(=O)c1c(COC(=O)c2cc([N+](=O)[O-])ccc2N)nc2ccccc2c1C. The lowest BCUT2D eigenvalue weighted by atomic mass is 10.0. The molecule has 0 aliphatic heterocycles. The summed E-state index contributed by atoms with van der Waals surface area (Å²) >= 11 is 0. The van der Waals surface area contributed by atoms with Gasteiger partial charge in [0.1, 0.15) is 6.61 Å². The lowest BCUT2D eigenvalue weighted by Gasteiger charge is -2.14. The van der Waals surface area contributed by atoms with E-state index in [1.807, 2.05) is 12.1 Å². The van der Waals surface area contributed by atoms with Crippen LogP contribution in [0.25, 0.3) is 10.9 Å². The molecule has 0 unspecified atom stereocenters. The first-order valence-electron chi connectivity index (χ1n) is 8.51. The molecule has 1 heterocycles. The van der Waals surface area contributed by atoms with Crippen LogP contribution >= 0.6 is 0 Å². The predicted octanol–water partition coefficient (Wildman–Crippen LogP) is 3.18. The van der Waals surface area contributed by atoms with E-state index >= 15 is 0 Å². The highest BCUT2D eigenvalue weighted by Crippen LogP contribution is 2.25. The quantitative estimate of drug-likeness (QED) is 0.301. The Labute approximate surface area is 165 Å². The molecule has 9 heteroatoms. The van der Waals surface area contributed by atoms with E-state index in [4.69, 9.17) is 15.2 Å². The van der Waals surface area contributed by atoms with Crippen molar-refractivity contribution >= 4 is 34.2 Å². The number of nitrogens with zero attached hydrogens (tertiary/aromatic N) is 2. The van der Waals surface area contributed by atoms with Crippen molar-refractivity contribution in [3.05, 3.63) is 75.0 Å². The van der Waals surface area contributed by atoms with Crippen LogP contribution in [0.3, 0.4) is 0 Å². The van der Waals surface area contributed by atoms with Crippen LogP contribution in [0.1, 0.15) is 32.0 Å². The zero-order chi connectivity index (χ0) is 21.1. The smallest absolute Gasteiger partial charge is 0.340 e. The Morgan fingerprint density at radius 3 is 2.59 bits per heavy atom. The van der Waals surface area contributed by atoms with Gasteiger partial charge in [-0.05, 0) is 24.6 Å². The van der Waals surface area contributed by atoms with Crippen LogP contribution in [-0.4, -0.2) is 29.0 Å². The standard InChI is InChI=1S/C20H17N3O6/c1-11-13-5-3-4-6-16(13)22-17(18(11)20(25)28-2)10-29-19(24)14-9-12(23(26)27)7-8-15(14)21/h3-9H,10,21H2,1-2H3. The molecule has 0 aliphatic carbocycles. The number of nitrogen functional groups attached to an aromatic ring is 1. The average Bonchev–Trinajstić information content (AvgIpc) is 2.71. The van der Waals surface area contributed by atoms with E-state index < -0.39 is 16.9 Å². The van der Waals surface area contributed by atoms with E-state index in [0.717, 1.165) is 11.5 Å². The highest BCUT2D eigenvalue weighted by atomic mass is 16.6. The minimum absolute atomic E-state index is 0.0384. The van der Waals surface area contributed by atoms with Crippen molar-refractivity contribution in [2.45, 2.75) is 13.5 Å². The second-order valence-corrected chi connectivity index (χ2v) is 6.17. The third-order valence-electron chi connectivity index (χ3n) is 4.42. The summed E-state index contributed by atoms with van der Waals surface area (Å²) in [6, 6.07) is 10.7. The Bertz CT molecular complexity index is 1140. The van der Waals surface area contributed by atoms with Crippen LogP contribution in [0.15, 0.2) is 42.5 Å². The van der Waals surface area contributed by atoms with Gasteiger partial charge in [0.2, 0.25) is 0 Å². The number of benzene rings is 2. The van der Waals surface area contributed by atoms with Gasteiger partial charge in [0, 0.05) is 23.2 Å². The van der Waals surface area contributed by atoms with Crippen molar-refractivity contribution in [1.29, 1.82) is 0 Å². The molecule has 148 valence electrons. The lowest BCUT2D eigenvalue weighted by molar-refractivity contribution is -0.384. The van der Waals surface area contributed by atoms with Gasteiger partial charge in [-0.3, -0.25) is 10.1 Å². The minimum Gasteiger partial charge on any atom is -0.465 e. The Hall–Kier alpha value is -4.01. The number of rotatable bonds is 5. The zero-order valence-corrected chi connectivity index (χ0v) is 15.7. The molecule has 0 atom stereocenters. The van der Waals surface area contributed by atoms with E-state index in [-0.39, 0.29) is 34.8 Å². The number of nitro benzene ring substituents is 1. The van der Waals surface area contributed by atoms with Crippen molar-refractivity contribution in [2.24, 2.45) is 0 Å². The van der Waals surface area contributed by atoms with Crippen molar-refractivity contribution in [3.63, 3.8) is 0 Å². The van der Waals surface area contributed by atoms with E-state index in [1.165, 1.54) is 19.2 Å². The topological polar surface area (TPSA) is 135 Å². The lowest BCUT2D eigenvalue weighted by Crippen LogP contribution is -2.14. The van der Waals surface area contributed by atoms with Crippen LogP contribution in [-0.2, 0) is 16.1 Å². The number of para-hydroxylation sites is 1. The van der Waals surface area contributed by atoms with Crippen LogP contribution < -0.4 is 5.73 Å². The van der Waals surface area contributed by atoms with Crippen LogP contribution in [0.2, 0.25) is 0 Å². The molecule has 2 N–H and O–H groups in total. The number of esters is 2. The van der Waals surface area contributed by atoms with Crippen LogP contribution in [0, 0.1) is 17.0 Å². The number of carbonyl (C=O) groups excluding carboxylic acids is 2. The Morgan fingerprint density at radius 2 is 1.90 bits per heavy atom. The number of anilines is 1. The number of fused-ring (bicyclic) bond motifs is 1. The van der Waals surface area contributed by atoms with Gasteiger partial charge in [0.25, 0.3) is 5.69 Å². The van der Waals surface area contributed by atoms with Crippen LogP contribution in [0.4, 0.5) is 11.4 Å². The number of nitrogens with two attached hydrogens (primary N) is 1. The molecule has 29 heavy (non-hydrogen) atoms. The molecule has 0 spiro atoms. The molecule has 2 aromatic carbocycles.